The van der Waals surface area contributed by atoms with Gasteiger partial charge in [-0.2, -0.15) is 0 Å². The summed E-state index contributed by atoms with van der Waals surface area (Å²) in [6.45, 7) is 3.70. The molecular formula is C11H17NO4S. The van der Waals surface area contributed by atoms with Gasteiger partial charge in [-0.3, -0.25) is 0 Å². The van der Waals surface area contributed by atoms with Crippen LogP contribution >= 0.6 is 0 Å². The highest BCUT2D eigenvalue weighted by Crippen LogP contribution is 2.26. The molecule has 1 aromatic rings. The first-order valence-corrected chi connectivity index (χ1v) is 6.89. The van der Waals surface area contributed by atoms with Gasteiger partial charge in [0.2, 0.25) is 10.0 Å². The van der Waals surface area contributed by atoms with Crippen LogP contribution in [-0.4, -0.2) is 26.7 Å². The van der Waals surface area contributed by atoms with Crippen LogP contribution in [0.5, 0.6) is 11.5 Å². The van der Waals surface area contributed by atoms with Crippen molar-refractivity contribution in [1.29, 1.82) is 0 Å². The van der Waals surface area contributed by atoms with Crippen molar-refractivity contribution >= 4 is 10.0 Å². The number of ether oxygens (including phenoxy) is 1. The number of aromatic hydroxyl groups is 1. The molecule has 0 bridgehead atoms. The van der Waals surface area contributed by atoms with E-state index in [0.29, 0.717) is 11.3 Å². The van der Waals surface area contributed by atoms with Gasteiger partial charge in [-0.1, -0.05) is 0 Å². The number of sulfonamides is 1. The fraction of sp³-hybridized carbons (Fsp3) is 0.455. The highest BCUT2D eigenvalue weighted by Gasteiger charge is 2.14. The summed E-state index contributed by atoms with van der Waals surface area (Å²) < 4.78 is 30.7. The van der Waals surface area contributed by atoms with Gasteiger partial charge in [0.1, 0.15) is 11.5 Å². The van der Waals surface area contributed by atoms with E-state index in [-0.39, 0.29) is 17.6 Å². The van der Waals surface area contributed by atoms with Gasteiger partial charge in [0.05, 0.1) is 11.9 Å². The van der Waals surface area contributed by atoms with E-state index in [1.54, 1.807) is 6.07 Å². The molecule has 17 heavy (non-hydrogen) atoms. The molecule has 0 spiro atoms. The number of benzene rings is 1. The predicted octanol–water partition coefficient (Wildman–Crippen LogP) is 1.23. The molecule has 0 heterocycles. The molecule has 5 nitrogen and oxygen atoms in total. The highest BCUT2D eigenvalue weighted by atomic mass is 32.2. The predicted molar refractivity (Wildman–Crippen MR) is 65.6 cm³/mol. The first-order chi connectivity index (χ1) is 7.84. The maximum atomic E-state index is 11.5. The van der Waals surface area contributed by atoms with Gasteiger partial charge in [0.25, 0.3) is 0 Å². The summed E-state index contributed by atoms with van der Waals surface area (Å²) in [6.07, 6.45) is -0.0596. The second-order valence-electron chi connectivity index (χ2n) is 3.92. The van der Waals surface area contributed by atoms with Crippen molar-refractivity contribution in [2.75, 3.05) is 7.05 Å². The fourth-order valence-electron chi connectivity index (χ4n) is 1.32. The average Bonchev–Trinajstić information content (AvgIpc) is 2.21. The molecule has 0 radical (unpaired) electrons. The van der Waals surface area contributed by atoms with E-state index in [2.05, 4.69) is 4.72 Å². The van der Waals surface area contributed by atoms with E-state index in [1.807, 2.05) is 13.8 Å². The van der Waals surface area contributed by atoms with Crippen LogP contribution in [0.2, 0.25) is 0 Å². The van der Waals surface area contributed by atoms with Crippen LogP contribution in [0.1, 0.15) is 19.4 Å². The SMILES string of the molecule is CNS(=O)(=O)Cc1cc(O)ccc1OC(C)C. The third-order valence-electron chi connectivity index (χ3n) is 2.06. The second-order valence-corrected chi connectivity index (χ2v) is 5.85. The molecule has 0 aliphatic heterocycles. The van der Waals surface area contributed by atoms with E-state index < -0.39 is 10.0 Å². The number of hydrogen-bond donors (Lipinski definition) is 2. The van der Waals surface area contributed by atoms with Crippen LogP contribution in [-0.2, 0) is 15.8 Å². The summed E-state index contributed by atoms with van der Waals surface area (Å²) >= 11 is 0. The Hall–Kier alpha value is -1.27. The fourth-order valence-corrected chi connectivity index (χ4v) is 2.10. The minimum absolute atomic E-state index is 0.0161. The normalized spacial score (nSPS) is 11.8. The smallest absolute Gasteiger partial charge is 0.215 e. The molecule has 0 saturated heterocycles. The Kier molecular flexibility index (Phi) is 4.36. The summed E-state index contributed by atoms with van der Waals surface area (Å²) in [5, 5.41) is 9.37. The molecule has 2 N–H and O–H groups in total. The van der Waals surface area contributed by atoms with Crippen molar-refractivity contribution in [3.8, 4) is 11.5 Å². The van der Waals surface area contributed by atoms with Gasteiger partial charge >= 0.3 is 0 Å². The van der Waals surface area contributed by atoms with Crippen molar-refractivity contribution in [3.63, 3.8) is 0 Å². The lowest BCUT2D eigenvalue weighted by Gasteiger charge is -2.14. The third kappa shape index (κ3) is 4.24. The van der Waals surface area contributed by atoms with Crippen LogP contribution in [0, 0.1) is 0 Å². The van der Waals surface area contributed by atoms with E-state index in [4.69, 9.17) is 4.74 Å². The van der Waals surface area contributed by atoms with Crippen molar-refractivity contribution < 1.29 is 18.3 Å². The first-order valence-electron chi connectivity index (χ1n) is 5.24. The van der Waals surface area contributed by atoms with Crippen LogP contribution < -0.4 is 9.46 Å². The summed E-state index contributed by atoms with van der Waals surface area (Å²) in [5.41, 5.74) is 0.438. The third-order valence-corrected chi connectivity index (χ3v) is 3.38. The number of nitrogens with one attached hydrogen (secondary N) is 1. The number of rotatable bonds is 5. The van der Waals surface area contributed by atoms with Gasteiger partial charge in [-0.05, 0) is 39.1 Å². The average molecular weight is 259 g/mol. The summed E-state index contributed by atoms with van der Waals surface area (Å²) in [6, 6.07) is 4.43. The Labute approximate surface area is 101 Å². The molecule has 0 fully saturated rings. The Morgan fingerprint density at radius 1 is 1.41 bits per heavy atom. The minimum Gasteiger partial charge on any atom is -0.508 e. The maximum Gasteiger partial charge on any atom is 0.215 e. The highest BCUT2D eigenvalue weighted by molar-refractivity contribution is 7.88. The molecule has 1 rings (SSSR count). The number of hydrogen-bond acceptors (Lipinski definition) is 4. The Morgan fingerprint density at radius 2 is 2.06 bits per heavy atom. The number of phenolic OH excluding ortho intramolecular Hbond substituents is 1. The van der Waals surface area contributed by atoms with Crippen molar-refractivity contribution in [1.82, 2.24) is 4.72 Å². The molecule has 0 unspecified atom stereocenters. The largest absolute Gasteiger partial charge is 0.508 e. The topological polar surface area (TPSA) is 75.6 Å². The Morgan fingerprint density at radius 3 is 2.59 bits per heavy atom. The molecule has 0 aromatic heterocycles. The Balaban J connectivity index is 3.07. The molecule has 96 valence electrons. The lowest BCUT2D eigenvalue weighted by atomic mass is 10.2. The van der Waals surface area contributed by atoms with Crippen molar-refractivity contribution in [3.05, 3.63) is 23.8 Å². The van der Waals surface area contributed by atoms with Crippen LogP contribution in [0.25, 0.3) is 0 Å². The molecule has 0 amide bonds. The van der Waals surface area contributed by atoms with Crippen molar-refractivity contribution in [2.45, 2.75) is 25.7 Å². The standard InChI is InChI=1S/C11H17NO4S/c1-8(2)16-11-5-4-10(13)6-9(11)7-17(14,15)12-3/h4-6,8,12-13H,7H2,1-3H3. The van der Waals surface area contributed by atoms with Gasteiger partial charge in [-0.15, -0.1) is 0 Å². The molecule has 0 saturated carbocycles. The lowest BCUT2D eigenvalue weighted by Crippen LogP contribution is -2.21. The van der Waals surface area contributed by atoms with Crippen LogP contribution in [0.4, 0.5) is 0 Å². The summed E-state index contributed by atoms with van der Waals surface area (Å²) in [7, 11) is -2.04. The van der Waals surface area contributed by atoms with Crippen molar-refractivity contribution in [2.24, 2.45) is 0 Å². The number of phenols is 1. The van der Waals surface area contributed by atoms with E-state index in [0.717, 1.165) is 0 Å². The molecule has 6 heteroatoms. The first kappa shape index (κ1) is 13.8. The zero-order chi connectivity index (χ0) is 13.1. The van der Waals surface area contributed by atoms with E-state index in [1.165, 1.54) is 19.2 Å². The van der Waals surface area contributed by atoms with E-state index >= 15 is 0 Å². The zero-order valence-electron chi connectivity index (χ0n) is 10.1. The molecule has 0 aliphatic carbocycles. The minimum atomic E-state index is -3.39. The van der Waals surface area contributed by atoms with Gasteiger partial charge < -0.3 is 9.84 Å². The van der Waals surface area contributed by atoms with Crippen LogP contribution in [0.3, 0.4) is 0 Å². The van der Waals surface area contributed by atoms with Gasteiger partial charge in [-0.25, -0.2) is 13.1 Å². The molecule has 0 aliphatic rings. The van der Waals surface area contributed by atoms with Crippen LogP contribution in [0.15, 0.2) is 18.2 Å². The van der Waals surface area contributed by atoms with Gasteiger partial charge in [0.15, 0.2) is 0 Å². The monoisotopic (exact) mass is 259 g/mol. The van der Waals surface area contributed by atoms with Gasteiger partial charge in [0, 0.05) is 5.56 Å². The zero-order valence-corrected chi connectivity index (χ0v) is 10.9. The second kappa shape index (κ2) is 5.37. The summed E-state index contributed by atoms with van der Waals surface area (Å²) in [5.74, 6) is 0.263. The quantitative estimate of drug-likeness (QED) is 0.834. The maximum absolute atomic E-state index is 11.5. The molecule has 0 atom stereocenters. The molecular weight excluding hydrogens is 242 g/mol. The molecule has 1 aromatic carbocycles. The van der Waals surface area contributed by atoms with E-state index in [9.17, 15) is 13.5 Å². The Bertz CT molecular complexity index is 482. The summed E-state index contributed by atoms with van der Waals surface area (Å²) in [4.78, 5) is 0. The lowest BCUT2D eigenvalue weighted by molar-refractivity contribution is 0.240.